The largest absolute Gasteiger partial charge is 0.326 e. The van der Waals surface area contributed by atoms with Crippen molar-refractivity contribution in [3.63, 3.8) is 0 Å². The quantitative estimate of drug-likeness (QED) is 0.811. The molecule has 1 fully saturated rings. The maximum absolute atomic E-state index is 13.1. The Labute approximate surface area is 156 Å². The fourth-order valence-electron chi connectivity index (χ4n) is 2.93. The summed E-state index contributed by atoms with van der Waals surface area (Å²) in [5, 5.41) is 2.54. The van der Waals surface area contributed by atoms with E-state index in [4.69, 9.17) is 0 Å². The number of hydrogen-bond acceptors (Lipinski definition) is 4. The predicted molar refractivity (Wildman–Crippen MR) is 98.3 cm³/mol. The molecule has 27 heavy (non-hydrogen) atoms. The van der Waals surface area contributed by atoms with Crippen molar-refractivity contribution >= 4 is 21.6 Å². The molecule has 1 aromatic heterocycles. The van der Waals surface area contributed by atoms with Crippen molar-refractivity contribution in [2.75, 3.05) is 18.4 Å². The Hall–Kier alpha value is -2.52. The van der Waals surface area contributed by atoms with Gasteiger partial charge in [0, 0.05) is 44.0 Å². The second-order valence-electron chi connectivity index (χ2n) is 6.32. The van der Waals surface area contributed by atoms with E-state index in [1.807, 2.05) is 0 Å². The number of anilines is 1. The van der Waals surface area contributed by atoms with E-state index < -0.39 is 27.3 Å². The first kappa shape index (κ1) is 19.2. The van der Waals surface area contributed by atoms with Crippen molar-refractivity contribution in [1.82, 2.24) is 8.87 Å². The maximum atomic E-state index is 13.1. The van der Waals surface area contributed by atoms with Gasteiger partial charge in [0.1, 0.15) is 5.82 Å². The van der Waals surface area contributed by atoms with Gasteiger partial charge in [-0.3, -0.25) is 9.59 Å². The number of carbonyl (C=O) groups is 1. The molecule has 0 atom stereocenters. The monoisotopic (exact) mass is 393 g/mol. The third kappa shape index (κ3) is 4.61. The van der Waals surface area contributed by atoms with Crippen molar-refractivity contribution in [3.8, 4) is 0 Å². The van der Waals surface area contributed by atoms with Gasteiger partial charge in [-0.1, -0.05) is 6.07 Å². The Balaban J connectivity index is 1.69. The first-order chi connectivity index (χ1) is 12.9. The molecule has 0 radical (unpaired) electrons. The van der Waals surface area contributed by atoms with E-state index in [1.165, 1.54) is 45.4 Å². The van der Waals surface area contributed by atoms with Gasteiger partial charge in [-0.25, -0.2) is 12.8 Å². The normalized spacial score (nSPS) is 15.0. The summed E-state index contributed by atoms with van der Waals surface area (Å²) in [4.78, 5) is 24.1. The molecule has 3 rings (SSSR count). The maximum Gasteiger partial charge on any atom is 0.250 e. The van der Waals surface area contributed by atoms with Gasteiger partial charge in [0.25, 0.3) is 5.56 Å². The number of nitrogens with one attached hydrogen (secondary N) is 1. The predicted octanol–water partition coefficient (Wildman–Crippen LogP) is 1.80. The highest BCUT2D eigenvalue weighted by molar-refractivity contribution is 7.89. The van der Waals surface area contributed by atoms with Gasteiger partial charge >= 0.3 is 0 Å². The zero-order chi connectivity index (χ0) is 19.4. The van der Waals surface area contributed by atoms with E-state index in [1.54, 1.807) is 6.07 Å². The van der Waals surface area contributed by atoms with Gasteiger partial charge < -0.3 is 9.88 Å². The Bertz CT molecular complexity index is 998. The minimum absolute atomic E-state index is 0.0172. The molecule has 1 amide bonds. The van der Waals surface area contributed by atoms with Crippen LogP contribution < -0.4 is 10.9 Å². The summed E-state index contributed by atoms with van der Waals surface area (Å²) in [6.45, 7) is 0.957. The molecule has 1 aromatic carbocycles. The van der Waals surface area contributed by atoms with Crippen LogP contribution in [0.1, 0.15) is 19.3 Å². The molecule has 9 heteroatoms. The number of rotatable bonds is 6. The lowest BCUT2D eigenvalue weighted by atomic mass is 10.3. The number of aryl methyl sites for hydroxylation is 1. The van der Waals surface area contributed by atoms with Crippen molar-refractivity contribution < 1.29 is 17.6 Å². The van der Waals surface area contributed by atoms with Crippen LogP contribution in [0.3, 0.4) is 0 Å². The fourth-order valence-corrected chi connectivity index (χ4v) is 4.46. The number of carbonyl (C=O) groups excluding carboxylic acids is 1. The summed E-state index contributed by atoms with van der Waals surface area (Å²) in [5.74, 6) is -0.871. The molecule has 0 bridgehead atoms. The molecule has 1 N–H and O–H groups in total. The van der Waals surface area contributed by atoms with E-state index in [9.17, 15) is 22.4 Å². The standard InChI is InChI=1S/C18H20FN3O4S/c19-14-4-3-5-15(12-14)20-17(23)8-11-21-13-16(6-7-18(21)24)27(25,26)22-9-1-2-10-22/h3-7,12-13H,1-2,8-11H2,(H,20,23). The van der Waals surface area contributed by atoms with E-state index in [0.717, 1.165) is 12.8 Å². The molecule has 0 aliphatic carbocycles. The third-order valence-electron chi connectivity index (χ3n) is 4.35. The Morgan fingerprint density at radius 2 is 1.89 bits per heavy atom. The molecule has 144 valence electrons. The van der Waals surface area contributed by atoms with Gasteiger partial charge in [0.05, 0.1) is 4.90 Å². The van der Waals surface area contributed by atoms with Crippen LogP contribution in [0.2, 0.25) is 0 Å². The summed E-state index contributed by atoms with van der Waals surface area (Å²) in [7, 11) is -3.64. The minimum Gasteiger partial charge on any atom is -0.326 e. The first-order valence-corrected chi connectivity index (χ1v) is 10.1. The molecule has 1 aliphatic rings. The number of halogens is 1. The number of amides is 1. The van der Waals surface area contributed by atoms with E-state index in [2.05, 4.69) is 5.32 Å². The molecule has 1 aliphatic heterocycles. The molecule has 0 unspecified atom stereocenters. The first-order valence-electron chi connectivity index (χ1n) is 8.62. The van der Waals surface area contributed by atoms with Crippen molar-refractivity contribution in [2.24, 2.45) is 0 Å². The van der Waals surface area contributed by atoms with Crippen molar-refractivity contribution in [1.29, 1.82) is 0 Å². The highest BCUT2D eigenvalue weighted by Crippen LogP contribution is 2.19. The van der Waals surface area contributed by atoms with Crippen molar-refractivity contribution in [2.45, 2.75) is 30.7 Å². The number of aromatic nitrogens is 1. The second kappa shape index (κ2) is 8.01. The SMILES string of the molecule is O=C(CCn1cc(S(=O)(=O)N2CCCC2)ccc1=O)Nc1cccc(F)c1. The smallest absolute Gasteiger partial charge is 0.250 e. The summed E-state index contributed by atoms with van der Waals surface area (Å²) in [6.07, 6.45) is 2.85. The lowest BCUT2D eigenvalue weighted by molar-refractivity contribution is -0.116. The number of nitrogens with zero attached hydrogens (tertiary/aromatic N) is 2. The van der Waals surface area contributed by atoms with E-state index in [0.29, 0.717) is 18.8 Å². The molecule has 7 nitrogen and oxygen atoms in total. The fraction of sp³-hybridized carbons (Fsp3) is 0.333. The summed E-state index contributed by atoms with van der Waals surface area (Å²) < 4.78 is 41.0. The number of benzene rings is 1. The highest BCUT2D eigenvalue weighted by atomic mass is 32.2. The van der Waals surface area contributed by atoms with Crippen LogP contribution in [0.15, 0.2) is 52.3 Å². The van der Waals surface area contributed by atoms with Crippen LogP contribution in [0, 0.1) is 5.82 Å². The van der Waals surface area contributed by atoms with Gasteiger partial charge in [-0.15, -0.1) is 0 Å². The number of hydrogen-bond donors (Lipinski definition) is 1. The molecule has 0 saturated carbocycles. The van der Waals surface area contributed by atoms with Gasteiger partial charge in [-0.05, 0) is 37.1 Å². The molecule has 0 spiro atoms. The summed E-state index contributed by atoms with van der Waals surface area (Å²) >= 11 is 0. The Kier molecular flexibility index (Phi) is 5.71. The lowest BCUT2D eigenvalue weighted by Gasteiger charge is -2.16. The van der Waals surface area contributed by atoms with Gasteiger partial charge in [-0.2, -0.15) is 4.31 Å². The zero-order valence-corrected chi connectivity index (χ0v) is 15.4. The van der Waals surface area contributed by atoms with Crippen LogP contribution in [0.4, 0.5) is 10.1 Å². The third-order valence-corrected chi connectivity index (χ3v) is 6.23. The van der Waals surface area contributed by atoms with Crippen LogP contribution in [0.5, 0.6) is 0 Å². The highest BCUT2D eigenvalue weighted by Gasteiger charge is 2.27. The van der Waals surface area contributed by atoms with Crippen LogP contribution in [-0.2, 0) is 21.4 Å². The van der Waals surface area contributed by atoms with Crippen molar-refractivity contribution in [3.05, 3.63) is 58.8 Å². The zero-order valence-electron chi connectivity index (χ0n) is 14.6. The second-order valence-corrected chi connectivity index (χ2v) is 8.25. The molecular weight excluding hydrogens is 373 g/mol. The Morgan fingerprint density at radius 3 is 2.59 bits per heavy atom. The van der Waals surface area contributed by atoms with Crippen LogP contribution >= 0.6 is 0 Å². The minimum atomic E-state index is -3.64. The number of pyridine rings is 1. The van der Waals surface area contributed by atoms with Crippen LogP contribution in [0.25, 0.3) is 0 Å². The molecule has 1 saturated heterocycles. The molecule has 2 heterocycles. The Morgan fingerprint density at radius 1 is 1.15 bits per heavy atom. The topological polar surface area (TPSA) is 88.5 Å². The summed E-state index contributed by atoms with van der Waals surface area (Å²) in [6, 6.07) is 7.96. The average Bonchev–Trinajstić information content (AvgIpc) is 3.16. The lowest BCUT2D eigenvalue weighted by Crippen LogP contribution is -2.30. The van der Waals surface area contributed by atoms with E-state index >= 15 is 0 Å². The van der Waals surface area contributed by atoms with Gasteiger partial charge in [0.15, 0.2) is 0 Å². The average molecular weight is 393 g/mol. The molecular formula is C18H20FN3O4S. The van der Waals surface area contributed by atoms with E-state index in [-0.39, 0.29) is 17.9 Å². The number of sulfonamides is 1. The van der Waals surface area contributed by atoms with Gasteiger partial charge in [0.2, 0.25) is 15.9 Å². The van der Waals surface area contributed by atoms with Crippen LogP contribution in [-0.4, -0.2) is 36.3 Å². The summed E-state index contributed by atoms with van der Waals surface area (Å²) in [5.41, 5.74) is -0.0772. The molecule has 2 aromatic rings.